The molecule has 0 saturated heterocycles. The zero-order valence-electron chi connectivity index (χ0n) is 17.4. The van der Waals surface area contributed by atoms with Gasteiger partial charge in [0.05, 0.1) is 16.5 Å². The molecule has 5 aromatic rings. The summed E-state index contributed by atoms with van der Waals surface area (Å²) in [6.07, 6.45) is -4.53. The van der Waals surface area contributed by atoms with Crippen LogP contribution < -0.4 is 10.9 Å². The molecule has 2 N–H and O–H groups in total. The number of carbonyl (C=O) groups excluding carboxylic acids is 1. The van der Waals surface area contributed by atoms with Crippen LogP contribution in [0.25, 0.3) is 27.8 Å². The molecule has 0 saturated carbocycles. The third-order valence-electron chi connectivity index (χ3n) is 5.38. The molecule has 5 rings (SSSR count). The molecule has 0 fully saturated rings. The smallest absolute Gasteiger partial charge is 0.348 e. The molecule has 0 aliphatic rings. The fraction of sp³-hybridized carbons (Fsp3) is 0.0833. The van der Waals surface area contributed by atoms with Crippen LogP contribution in [0.3, 0.4) is 0 Å². The van der Waals surface area contributed by atoms with Crippen molar-refractivity contribution in [3.05, 3.63) is 99.8 Å². The number of H-pyrrole nitrogens is 1. The van der Waals surface area contributed by atoms with Crippen molar-refractivity contribution in [1.29, 1.82) is 0 Å². The Bertz CT molecular complexity index is 1590. The van der Waals surface area contributed by atoms with Crippen molar-refractivity contribution >= 4 is 22.5 Å². The Morgan fingerprint density at radius 1 is 1.00 bits per heavy atom. The van der Waals surface area contributed by atoms with Crippen molar-refractivity contribution < 1.29 is 18.0 Å². The maximum absolute atomic E-state index is 13.2. The number of nitrogens with one attached hydrogen (secondary N) is 2. The van der Waals surface area contributed by atoms with Crippen LogP contribution >= 0.6 is 0 Å². The molecular formula is C24H16F3N5O2. The van der Waals surface area contributed by atoms with E-state index < -0.39 is 17.3 Å². The van der Waals surface area contributed by atoms with E-state index in [4.69, 9.17) is 0 Å². The molecule has 1 amide bonds. The van der Waals surface area contributed by atoms with E-state index in [0.717, 1.165) is 17.7 Å². The highest BCUT2D eigenvalue weighted by Crippen LogP contribution is 2.32. The van der Waals surface area contributed by atoms with E-state index in [2.05, 4.69) is 20.6 Å². The molecule has 0 radical (unpaired) electrons. The minimum absolute atomic E-state index is 0.0543. The first-order valence-electron chi connectivity index (χ1n) is 10.2. The van der Waals surface area contributed by atoms with Crippen LogP contribution in [0.1, 0.15) is 21.5 Å². The molecule has 10 heteroatoms. The van der Waals surface area contributed by atoms with Crippen LogP contribution in [0.15, 0.2) is 77.6 Å². The van der Waals surface area contributed by atoms with Crippen LogP contribution in [0.2, 0.25) is 0 Å². The fourth-order valence-electron chi connectivity index (χ4n) is 3.69. The molecule has 170 valence electrons. The Morgan fingerprint density at radius 3 is 2.56 bits per heavy atom. The monoisotopic (exact) mass is 463 g/mol. The van der Waals surface area contributed by atoms with Gasteiger partial charge in [-0.15, -0.1) is 0 Å². The van der Waals surface area contributed by atoms with E-state index in [1.54, 1.807) is 0 Å². The van der Waals surface area contributed by atoms with Gasteiger partial charge >= 0.3 is 6.18 Å². The number of hydrogen-bond donors (Lipinski definition) is 2. The van der Waals surface area contributed by atoms with Crippen molar-refractivity contribution in [2.75, 3.05) is 0 Å². The number of halogens is 3. The molecule has 3 aromatic carbocycles. The third kappa shape index (κ3) is 3.90. The van der Waals surface area contributed by atoms with Crippen LogP contribution in [0.4, 0.5) is 13.2 Å². The maximum atomic E-state index is 13.2. The number of amides is 1. The van der Waals surface area contributed by atoms with Gasteiger partial charge in [0.2, 0.25) is 0 Å². The van der Waals surface area contributed by atoms with Gasteiger partial charge in [0, 0.05) is 17.7 Å². The largest absolute Gasteiger partial charge is 0.416 e. The predicted octanol–water partition coefficient (Wildman–Crippen LogP) is 4.19. The molecule has 0 spiro atoms. The van der Waals surface area contributed by atoms with Gasteiger partial charge in [-0.1, -0.05) is 42.5 Å². The van der Waals surface area contributed by atoms with Crippen molar-refractivity contribution in [2.45, 2.75) is 12.7 Å². The minimum Gasteiger partial charge on any atom is -0.348 e. The average molecular weight is 463 g/mol. The van der Waals surface area contributed by atoms with Gasteiger partial charge in [0.1, 0.15) is 5.69 Å². The number of alkyl halides is 3. The Hall–Kier alpha value is -4.47. The van der Waals surface area contributed by atoms with Gasteiger partial charge in [0.15, 0.2) is 5.65 Å². The lowest BCUT2D eigenvalue weighted by atomic mass is 10.1. The van der Waals surface area contributed by atoms with Crippen LogP contribution in [-0.4, -0.2) is 25.7 Å². The van der Waals surface area contributed by atoms with E-state index >= 15 is 0 Å². The van der Waals surface area contributed by atoms with E-state index in [1.165, 1.54) is 34.8 Å². The van der Waals surface area contributed by atoms with E-state index in [-0.39, 0.29) is 28.2 Å². The third-order valence-corrected chi connectivity index (χ3v) is 5.38. The van der Waals surface area contributed by atoms with Crippen molar-refractivity contribution in [3.8, 4) is 11.3 Å². The molecule has 0 aliphatic heterocycles. The highest BCUT2D eigenvalue weighted by molar-refractivity contribution is 5.98. The minimum atomic E-state index is -4.53. The summed E-state index contributed by atoms with van der Waals surface area (Å²) in [6, 6.07) is 18.5. The molecule has 34 heavy (non-hydrogen) atoms. The second kappa shape index (κ2) is 8.14. The summed E-state index contributed by atoms with van der Waals surface area (Å²) >= 11 is 0. The number of aromatic nitrogens is 4. The molecule has 0 unspecified atom stereocenters. The number of nitrogens with zero attached hydrogens (tertiary/aromatic N) is 3. The van der Waals surface area contributed by atoms with Gasteiger partial charge in [-0.25, -0.2) is 9.73 Å². The summed E-state index contributed by atoms with van der Waals surface area (Å²) in [5, 5.41) is 9.84. The second-order valence-electron chi connectivity index (χ2n) is 7.62. The van der Waals surface area contributed by atoms with Crippen LogP contribution in [0, 0.1) is 0 Å². The molecule has 2 aromatic heterocycles. The zero-order chi connectivity index (χ0) is 23.9. The van der Waals surface area contributed by atoms with E-state index in [0.29, 0.717) is 17.6 Å². The topological polar surface area (TPSA) is 92.2 Å². The number of benzene rings is 3. The van der Waals surface area contributed by atoms with E-state index in [9.17, 15) is 22.8 Å². The van der Waals surface area contributed by atoms with Crippen molar-refractivity contribution in [1.82, 2.24) is 25.1 Å². The Kier molecular flexibility index (Phi) is 5.12. The average Bonchev–Trinajstić information content (AvgIpc) is 3.26. The lowest BCUT2D eigenvalue weighted by Gasteiger charge is -2.08. The molecule has 7 nitrogen and oxygen atoms in total. The lowest BCUT2D eigenvalue weighted by Crippen LogP contribution is -2.23. The van der Waals surface area contributed by atoms with Gasteiger partial charge in [0.25, 0.3) is 11.5 Å². The molecule has 2 heterocycles. The fourth-order valence-corrected chi connectivity index (χ4v) is 3.69. The van der Waals surface area contributed by atoms with Crippen LogP contribution in [-0.2, 0) is 12.7 Å². The Morgan fingerprint density at radius 2 is 1.79 bits per heavy atom. The van der Waals surface area contributed by atoms with Gasteiger partial charge in [-0.2, -0.15) is 23.3 Å². The number of carbonyl (C=O) groups is 1. The number of aromatic amines is 1. The van der Waals surface area contributed by atoms with E-state index in [1.807, 2.05) is 30.3 Å². The normalized spacial score (nSPS) is 11.7. The van der Waals surface area contributed by atoms with Crippen molar-refractivity contribution in [3.63, 3.8) is 0 Å². The highest BCUT2D eigenvalue weighted by atomic mass is 19.4. The first-order chi connectivity index (χ1) is 16.3. The summed E-state index contributed by atoms with van der Waals surface area (Å²) in [5.74, 6) is -0.346. The summed E-state index contributed by atoms with van der Waals surface area (Å²) in [5.41, 5.74) is 0.427. The Balaban J connectivity index is 1.56. The molecule has 0 bridgehead atoms. The van der Waals surface area contributed by atoms with Gasteiger partial charge < -0.3 is 5.32 Å². The first kappa shape index (κ1) is 21.4. The summed E-state index contributed by atoms with van der Waals surface area (Å²) < 4.78 is 40.8. The van der Waals surface area contributed by atoms with Gasteiger partial charge in [-0.05, 0) is 35.9 Å². The number of fused-ring (bicyclic) bond motifs is 3. The maximum Gasteiger partial charge on any atom is 0.416 e. The zero-order valence-corrected chi connectivity index (χ0v) is 17.4. The van der Waals surface area contributed by atoms with Gasteiger partial charge in [-0.3, -0.25) is 9.59 Å². The second-order valence-corrected chi connectivity index (χ2v) is 7.62. The molecule has 0 aliphatic carbocycles. The summed E-state index contributed by atoms with van der Waals surface area (Å²) in [6.45, 7) is 0.327. The summed E-state index contributed by atoms with van der Waals surface area (Å²) in [4.78, 5) is 29.4. The molecule has 0 atom stereocenters. The number of rotatable bonds is 4. The van der Waals surface area contributed by atoms with Crippen molar-refractivity contribution in [2.24, 2.45) is 0 Å². The quantitative estimate of drug-likeness (QED) is 0.418. The standard InChI is InChI=1S/C24H16F3N5O2/c25-24(26,27)17-8-4-7-15(11-17)20-21-29-23(34)18-10-9-16(12-19(18)32(21)31-30-20)22(33)28-13-14-5-2-1-3-6-14/h1-12,31H,13H2,(H,28,33). The Labute approximate surface area is 189 Å². The van der Waals surface area contributed by atoms with Crippen LogP contribution in [0.5, 0.6) is 0 Å². The summed E-state index contributed by atoms with van der Waals surface area (Å²) in [7, 11) is 0. The predicted molar refractivity (Wildman–Crippen MR) is 119 cm³/mol. The number of hydrogen-bond acceptors (Lipinski definition) is 4. The SMILES string of the molecule is O=C(NCc1ccccc1)c1ccc2c(=O)nc3c(-c4cccc(C(F)(F)F)c4)n[nH]n3c2c1. The highest BCUT2D eigenvalue weighted by Gasteiger charge is 2.31. The molecular weight excluding hydrogens is 447 g/mol. The first-order valence-corrected chi connectivity index (χ1v) is 10.2. The lowest BCUT2D eigenvalue weighted by molar-refractivity contribution is -0.137.